The monoisotopic (exact) mass is 277 g/mol. The van der Waals surface area contributed by atoms with E-state index >= 15 is 0 Å². The number of hydrogen-bond donors (Lipinski definition) is 1. The Kier molecular flexibility index (Phi) is 4.24. The van der Waals surface area contributed by atoms with Crippen molar-refractivity contribution in [2.24, 2.45) is 0 Å². The minimum absolute atomic E-state index is 0.0577. The summed E-state index contributed by atoms with van der Waals surface area (Å²) in [6, 6.07) is 6.77. The first-order valence-electron chi connectivity index (χ1n) is 5.95. The number of nitrogens with zero attached hydrogens (tertiary/aromatic N) is 2. The molecular weight excluding hydrogens is 262 g/mol. The van der Waals surface area contributed by atoms with E-state index < -0.39 is 0 Å². The quantitative estimate of drug-likeness (QED) is 0.673. The van der Waals surface area contributed by atoms with Crippen LogP contribution in [0, 0.1) is 17.0 Å². The van der Waals surface area contributed by atoms with Gasteiger partial charge >= 0.3 is 0 Å². The van der Waals surface area contributed by atoms with Crippen LogP contribution >= 0.6 is 11.3 Å². The molecule has 0 bridgehead atoms. The van der Waals surface area contributed by atoms with Gasteiger partial charge in [-0.25, -0.2) is 4.98 Å². The molecule has 1 atom stereocenters. The largest absolute Gasteiger partial charge is 0.305 e. The van der Waals surface area contributed by atoms with Gasteiger partial charge in [-0.2, -0.15) is 0 Å². The number of aryl methyl sites for hydroxylation is 1. The maximum Gasteiger partial charge on any atom is 0.269 e. The van der Waals surface area contributed by atoms with Gasteiger partial charge in [0.25, 0.3) is 5.69 Å². The lowest BCUT2D eigenvalue weighted by molar-refractivity contribution is -0.384. The molecule has 1 N–H and O–H groups in total. The van der Waals surface area contributed by atoms with E-state index in [0.717, 1.165) is 22.0 Å². The number of aromatic nitrogens is 1. The van der Waals surface area contributed by atoms with Gasteiger partial charge in [-0.05, 0) is 19.4 Å². The molecule has 0 aliphatic rings. The zero-order chi connectivity index (χ0) is 13.8. The molecule has 1 aromatic heterocycles. The Bertz CT molecular complexity index is 583. The number of nitro groups is 1. The van der Waals surface area contributed by atoms with E-state index in [-0.39, 0.29) is 16.7 Å². The van der Waals surface area contributed by atoms with Crippen molar-refractivity contribution in [2.75, 3.05) is 0 Å². The van der Waals surface area contributed by atoms with E-state index in [4.69, 9.17) is 0 Å². The summed E-state index contributed by atoms with van der Waals surface area (Å²) in [5.74, 6) is 0. The highest BCUT2D eigenvalue weighted by atomic mass is 32.1. The van der Waals surface area contributed by atoms with Gasteiger partial charge in [0.1, 0.15) is 0 Å². The lowest BCUT2D eigenvalue weighted by Gasteiger charge is -2.13. The number of rotatable bonds is 5. The summed E-state index contributed by atoms with van der Waals surface area (Å²) in [5, 5.41) is 15.1. The molecule has 0 spiro atoms. The molecule has 0 saturated heterocycles. The van der Waals surface area contributed by atoms with E-state index in [2.05, 4.69) is 10.3 Å². The zero-order valence-electron chi connectivity index (χ0n) is 10.8. The number of nitrogens with one attached hydrogen (secondary N) is 1. The Hall–Kier alpha value is -1.79. The first-order chi connectivity index (χ1) is 9.06. The Morgan fingerprint density at radius 1 is 1.53 bits per heavy atom. The smallest absolute Gasteiger partial charge is 0.269 e. The maximum atomic E-state index is 10.7. The first-order valence-corrected chi connectivity index (χ1v) is 6.77. The summed E-state index contributed by atoms with van der Waals surface area (Å²) < 4.78 is 0. The lowest BCUT2D eigenvalue weighted by Crippen LogP contribution is -2.17. The van der Waals surface area contributed by atoms with Crippen LogP contribution in [0.5, 0.6) is 0 Å². The van der Waals surface area contributed by atoms with Crippen molar-refractivity contribution in [3.05, 3.63) is 56.0 Å². The molecule has 6 heteroatoms. The van der Waals surface area contributed by atoms with Gasteiger partial charge in [0, 0.05) is 35.8 Å². The van der Waals surface area contributed by atoms with E-state index in [9.17, 15) is 10.1 Å². The van der Waals surface area contributed by atoms with Gasteiger partial charge in [0.15, 0.2) is 0 Å². The highest BCUT2D eigenvalue weighted by Crippen LogP contribution is 2.20. The van der Waals surface area contributed by atoms with Gasteiger partial charge in [-0.3, -0.25) is 10.1 Å². The summed E-state index contributed by atoms with van der Waals surface area (Å²) in [4.78, 5) is 15.7. The average molecular weight is 277 g/mol. The van der Waals surface area contributed by atoms with Crippen LogP contribution < -0.4 is 5.32 Å². The molecule has 2 rings (SSSR count). The van der Waals surface area contributed by atoms with Crippen LogP contribution in [-0.4, -0.2) is 9.91 Å². The van der Waals surface area contributed by atoms with Gasteiger partial charge in [-0.15, -0.1) is 11.3 Å². The molecule has 0 saturated carbocycles. The van der Waals surface area contributed by atoms with Crippen LogP contribution in [-0.2, 0) is 6.54 Å². The molecule has 100 valence electrons. The predicted molar refractivity (Wildman–Crippen MR) is 75.2 cm³/mol. The topological polar surface area (TPSA) is 68.1 Å². The predicted octanol–water partition coefficient (Wildman–Crippen LogP) is 3.21. The van der Waals surface area contributed by atoms with E-state index in [1.807, 2.05) is 26.1 Å². The van der Waals surface area contributed by atoms with Crippen LogP contribution in [0.4, 0.5) is 5.69 Å². The van der Waals surface area contributed by atoms with E-state index in [0.29, 0.717) is 0 Å². The minimum Gasteiger partial charge on any atom is -0.305 e. The number of thiazole rings is 1. The third kappa shape index (κ3) is 3.59. The average Bonchev–Trinajstić information content (AvgIpc) is 2.82. The molecule has 1 unspecified atom stereocenters. The lowest BCUT2D eigenvalue weighted by atomic mass is 10.1. The number of hydrogen-bond acceptors (Lipinski definition) is 5. The molecule has 1 aromatic carbocycles. The molecule has 19 heavy (non-hydrogen) atoms. The van der Waals surface area contributed by atoms with Crippen LogP contribution in [0.3, 0.4) is 0 Å². The van der Waals surface area contributed by atoms with Gasteiger partial charge in [-0.1, -0.05) is 12.1 Å². The second kappa shape index (κ2) is 5.90. The number of benzene rings is 1. The molecule has 0 aliphatic heterocycles. The number of nitro benzene ring substituents is 1. The van der Waals surface area contributed by atoms with E-state index in [1.165, 1.54) is 6.07 Å². The molecule has 0 amide bonds. The number of non-ortho nitro benzene ring substituents is 1. The fourth-order valence-corrected chi connectivity index (χ4v) is 2.51. The van der Waals surface area contributed by atoms with Crippen molar-refractivity contribution in [1.82, 2.24) is 10.3 Å². The van der Waals surface area contributed by atoms with Gasteiger partial charge in [0.05, 0.1) is 9.93 Å². The maximum absolute atomic E-state index is 10.7. The van der Waals surface area contributed by atoms with Crippen LogP contribution in [0.1, 0.15) is 28.4 Å². The third-order valence-corrected chi connectivity index (χ3v) is 3.75. The second-order valence-corrected chi connectivity index (χ2v) is 5.62. The highest BCUT2D eigenvalue weighted by molar-refractivity contribution is 7.11. The second-order valence-electron chi connectivity index (χ2n) is 4.30. The summed E-state index contributed by atoms with van der Waals surface area (Å²) in [6.07, 6.45) is 1.85. The first kappa shape index (κ1) is 13.6. The van der Waals surface area contributed by atoms with Crippen LogP contribution in [0.25, 0.3) is 0 Å². The Morgan fingerprint density at radius 2 is 2.32 bits per heavy atom. The van der Waals surface area contributed by atoms with Crippen molar-refractivity contribution >= 4 is 17.0 Å². The van der Waals surface area contributed by atoms with Crippen molar-refractivity contribution in [3.8, 4) is 0 Å². The Morgan fingerprint density at radius 3 is 2.95 bits per heavy atom. The summed E-state index contributed by atoms with van der Waals surface area (Å²) in [6.45, 7) is 4.68. The van der Waals surface area contributed by atoms with Crippen molar-refractivity contribution < 1.29 is 4.92 Å². The zero-order valence-corrected chi connectivity index (χ0v) is 11.6. The van der Waals surface area contributed by atoms with Crippen molar-refractivity contribution in [2.45, 2.75) is 26.4 Å². The Labute approximate surface area is 115 Å². The molecule has 1 heterocycles. The van der Waals surface area contributed by atoms with Crippen molar-refractivity contribution in [1.29, 1.82) is 0 Å². The SMILES string of the molecule is Cc1ncc(CNC(C)c2cccc([N+](=O)[O-])c2)s1. The molecule has 2 aromatic rings. The summed E-state index contributed by atoms with van der Waals surface area (Å²) >= 11 is 1.65. The standard InChI is InChI=1S/C13H15N3O2S/c1-9(14-7-13-8-15-10(2)19-13)11-4-3-5-12(6-11)16(17)18/h3-6,8-9,14H,7H2,1-2H3. The molecule has 0 radical (unpaired) electrons. The summed E-state index contributed by atoms with van der Waals surface area (Å²) in [7, 11) is 0. The summed E-state index contributed by atoms with van der Waals surface area (Å²) in [5.41, 5.74) is 1.04. The minimum atomic E-state index is -0.372. The van der Waals surface area contributed by atoms with Crippen LogP contribution in [0.15, 0.2) is 30.5 Å². The fourth-order valence-electron chi connectivity index (χ4n) is 1.77. The molecule has 0 aliphatic carbocycles. The van der Waals surface area contributed by atoms with Gasteiger partial charge in [0.2, 0.25) is 0 Å². The van der Waals surface area contributed by atoms with E-state index in [1.54, 1.807) is 23.5 Å². The molecule has 5 nitrogen and oxygen atoms in total. The van der Waals surface area contributed by atoms with Crippen molar-refractivity contribution in [3.63, 3.8) is 0 Å². The fraction of sp³-hybridized carbons (Fsp3) is 0.308. The highest BCUT2D eigenvalue weighted by Gasteiger charge is 2.10. The normalized spacial score (nSPS) is 12.3. The molecule has 0 fully saturated rings. The molecular formula is C13H15N3O2S. The van der Waals surface area contributed by atoms with Gasteiger partial charge < -0.3 is 5.32 Å². The third-order valence-electron chi connectivity index (χ3n) is 2.83. The van der Waals surface area contributed by atoms with Crippen LogP contribution in [0.2, 0.25) is 0 Å². The Balaban J connectivity index is 2.01.